The topological polar surface area (TPSA) is 53.2 Å². The highest BCUT2D eigenvalue weighted by Crippen LogP contribution is 2.29. The van der Waals surface area contributed by atoms with Gasteiger partial charge in [-0.15, -0.1) is 0 Å². The van der Waals surface area contributed by atoms with E-state index in [1.54, 1.807) is 0 Å². The Labute approximate surface area is 73.0 Å². The summed E-state index contributed by atoms with van der Waals surface area (Å²) in [5, 5.41) is 18.6. The second kappa shape index (κ2) is 3.42. The van der Waals surface area contributed by atoms with Crippen molar-refractivity contribution in [3.8, 4) is 6.07 Å². The van der Waals surface area contributed by atoms with E-state index < -0.39 is 5.60 Å². The van der Waals surface area contributed by atoms with E-state index in [2.05, 4.69) is 0 Å². The van der Waals surface area contributed by atoms with Gasteiger partial charge in [0.15, 0.2) is 5.60 Å². The molecule has 0 aromatic heterocycles. The molecule has 0 spiro atoms. The molecule has 0 aromatic carbocycles. The van der Waals surface area contributed by atoms with Crippen molar-refractivity contribution in [2.45, 2.75) is 38.4 Å². The van der Waals surface area contributed by atoms with Gasteiger partial charge in [-0.05, 0) is 18.8 Å². The molecule has 0 radical (unpaired) electrons. The van der Waals surface area contributed by atoms with Gasteiger partial charge in [-0.2, -0.15) is 5.26 Å². The Kier molecular flexibility index (Phi) is 2.71. The standard InChI is InChI=1S/C9H15NO2/c1-7(2)8-9(11,6-10)4-3-5-12-8/h7-8,11H,3-5H2,1-2H3. The van der Waals surface area contributed by atoms with Gasteiger partial charge in [0, 0.05) is 6.61 Å². The second-order valence-corrected chi connectivity index (χ2v) is 3.68. The second-order valence-electron chi connectivity index (χ2n) is 3.68. The lowest BCUT2D eigenvalue weighted by Gasteiger charge is -2.36. The van der Waals surface area contributed by atoms with Crippen molar-refractivity contribution in [2.75, 3.05) is 6.61 Å². The van der Waals surface area contributed by atoms with E-state index in [1.165, 1.54) is 0 Å². The third kappa shape index (κ3) is 1.60. The first-order valence-electron chi connectivity index (χ1n) is 4.35. The molecule has 1 aliphatic rings. The summed E-state index contributed by atoms with van der Waals surface area (Å²) < 4.78 is 5.37. The number of nitriles is 1. The molecule has 0 saturated carbocycles. The zero-order valence-electron chi connectivity index (χ0n) is 7.58. The Bertz CT molecular complexity index is 197. The quantitative estimate of drug-likeness (QED) is 0.597. The molecule has 1 N–H and O–H groups in total. The highest BCUT2D eigenvalue weighted by atomic mass is 16.5. The molecule has 1 fully saturated rings. The van der Waals surface area contributed by atoms with Gasteiger partial charge in [0.25, 0.3) is 0 Å². The first kappa shape index (κ1) is 9.50. The van der Waals surface area contributed by atoms with Crippen LogP contribution in [0.3, 0.4) is 0 Å². The summed E-state index contributed by atoms with van der Waals surface area (Å²) in [6.45, 7) is 4.57. The van der Waals surface area contributed by atoms with Crippen molar-refractivity contribution in [1.82, 2.24) is 0 Å². The van der Waals surface area contributed by atoms with Gasteiger partial charge < -0.3 is 9.84 Å². The minimum atomic E-state index is -1.26. The summed E-state index contributed by atoms with van der Waals surface area (Å²) in [5.74, 6) is 0.190. The molecule has 1 saturated heterocycles. The molecule has 0 aliphatic carbocycles. The van der Waals surface area contributed by atoms with Crippen molar-refractivity contribution < 1.29 is 9.84 Å². The van der Waals surface area contributed by atoms with E-state index in [4.69, 9.17) is 10.00 Å². The molecule has 12 heavy (non-hydrogen) atoms. The van der Waals surface area contributed by atoms with Crippen molar-refractivity contribution in [3.05, 3.63) is 0 Å². The van der Waals surface area contributed by atoms with E-state index in [1.807, 2.05) is 19.9 Å². The number of hydrogen-bond donors (Lipinski definition) is 1. The lowest BCUT2D eigenvalue weighted by molar-refractivity contribution is -0.132. The van der Waals surface area contributed by atoms with Gasteiger partial charge in [-0.1, -0.05) is 13.8 Å². The van der Waals surface area contributed by atoms with Crippen LogP contribution in [0, 0.1) is 17.2 Å². The maximum atomic E-state index is 9.82. The highest BCUT2D eigenvalue weighted by Gasteiger charge is 2.41. The molecule has 1 aliphatic heterocycles. The SMILES string of the molecule is CC(C)C1OCCCC1(O)C#N. The predicted octanol–water partition coefficient (Wildman–Crippen LogP) is 1.08. The molecule has 0 aromatic rings. The van der Waals surface area contributed by atoms with Gasteiger partial charge in [0.2, 0.25) is 0 Å². The van der Waals surface area contributed by atoms with Gasteiger partial charge >= 0.3 is 0 Å². The number of rotatable bonds is 1. The highest BCUT2D eigenvalue weighted by molar-refractivity contribution is 5.07. The van der Waals surface area contributed by atoms with Crippen LogP contribution in [-0.2, 0) is 4.74 Å². The third-order valence-electron chi connectivity index (χ3n) is 2.27. The fourth-order valence-corrected chi connectivity index (χ4v) is 1.70. The van der Waals surface area contributed by atoms with Gasteiger partial charge in [-0.25, -0.2) is 0 Å². The van der Waals surface area contributed by atoms with E-state index >= 15 is 0 Å². The van der Waals surface area contributed by atoms with Gasteiger partial charge in [0.05, 0.1) is 0 Å². The minimum absolute atomic E-state index is 0.190. The Hall–Kier alpha value is -0.590. The van der Waals surface area contributed by atoms with Gasteiger partial charge in [0.1, 0.15) is 12.2 Å². The molecule has 3 heteroatoms. The van der Waals surface area contributed by atoms with Gasteiger partial charge in [-0.3, -0.25) is 0 Å². The predicted molar refractivity (Wildman–Crippen MR) is 44.4 cm³/mol. The summed E-state index contributed by atoms with van der Waals surface area (Å²) in [5.41, 5.74) is -1.26. The number of nitrogens with zero attached hydrogens (tertiary/aromatic N) is 1. The fraction of sp³-hybridized carbons (Fsp3) is 0.889. The number of aliphatic hydroxyl groups is 1. The normalized spacial score (nSPS) is 36.4. The van der Waals surface area contributed by atoms with Crippen molar-refractivity contribution >= 4 is 0 Å². The Morgan fingerprint density at radius 3 is 2.75 bits per heavy atom. The summed E-state index contributed by atoms with van der Waals surface area (Å²) in [4.78, 5) is 0. The van der Waals surface area contributed by atoms with E-state index in [0.29, 0.717) is 13.0 Å². The summed E-state index contributed by atoms with van der Waals surface area (Å²) in [6, 6.07) is 1.94. The number of hydrogen-bond acceptors (Lipinski definition) is 3. The zero-order chi connectivity index (χ0) is 9.19. The van der Waals surface area contributed by atoms with Crippen LogP contribution in [0.15, 0.2) is 0 Å². The average molecular weight is 169 g/mol. The molecule has 68 valence electrons. The first-order chi connectivity index (χ1) is 5.60. The Balaban J connectivity index is 2.75. The molecule has 3 nitrogen and oxygen atoms in total. The molecular weight excluding hydrogens is 154 g/mol. The van der Waals surface area contributed by atoms with E-state index in [9.17, 15) is 5.11 Å². The molecule has 2 unspecified atom stereocenters. The Morgan fingerprint density at radius 1 is 1.67 bits per heavy atom. The van der Waals surface area contributed by atoms with Crippen LogP contribution in [0.5, 0.6) is 0 Å². The molecule has 1 heterocycles. The first-order valence-corrected chi connectivity index (χ1v) is 4.35. The van der Waals surface area contributed by atoms with Crippen LogP contribution >= 0.6 is 0 Å². The van der Waals surface area contributed by atoms with Crippen LogP contribution in [0.1, 0.15) is 26.7 Å². The Morgan fingerprint density at radius 2 is 2.33 bits per heavy atom. The van der Waals surface area contributed by atoms with E-state index in [-0.39, 0.29) is 12.0 Å². The molecular formula is C9H15NO2. The maximum Gasteiger partial charge on any atom is 0.177 e. The zero-order valence-corrected chi connectivity index (χ0v) is 7.58. The lowest BCUT2D eigenvalue weighted by atomic mass is 9.84. The van der Waals surface area contributed by atoms with Crippen LogP contribution in [0.2, 0.25) is 0 Å². The van der Waals surface area contributed by atoms with Crippen LogP contribution < -0.4 is 0 Å². The molecule has 0 bridgehead atoms. The molecule has 2 atom stereocenters. The monoisotopic (exact) mass is 169 g/mol. The summed E-state index contributed by atoms with van der Waals surface area (Å²) >= 11 is 0. The summed E-state index contributed by atoms with van der Waals surface area (Å²) in [7, 11) is 0. The summed E-state index contributed by atoms with van der Waals surface area (Å²) in [6.07, 6.45) is 0.982. The van der Waals surface area contributed by atoms with E-state index in [0.717, 1.165) is 6.42 Å². The van der Waals surface area contributed by atoms with Crippen molar-refractivity contribution in [3.63, 3.8) is 0 Å². The average Bonchev–Trinajstić information content (AvgIpc) is 2.05. The molecule has 1 rings (SSSR count). The van der Waals surface area contributed by atoms with Crippen molar-refractivity contribution in [1.29, 1.82) is 5.26 Å². The fourth-order valence-electron chi connectivity index (χ4n) is 1.70. The molecule has 0 amide bonds. The van der Waals surface area contributed by atoms with Crippen LogP contribution in [0.25, 0.3) is 0 Å². The smallest absolute Gasteiger partial charge is 0.177 e. The maximum absolute atomic E-state index is 9.82. The van der Waals surface area contributed by atoms with Crippen molar-refractivity contribution in [2.24, 2.45) is 5.92 Å². The van der Waals surface area contributed by atoms with Crippen LogP contribution in [0.4, 0.5) is 0 Å². The minimum Gasteiger partial charge on any atom is -0.374 e. The lowest BCUT2D eigenvalue weighted by Crippen LogP contribution is -2.49. The van der Waals surface area contributed by atoms with Crippen LogP contribution in [-0.4, -0.2) is 23.4 Å². The number of ether oxygens (including phenoxy) is 1. The third-order valence-corrected chi connectivity index (χ3v) is 2.27. The largest absolute Gasteiger partial charge is 0.374 e.